The van der Waals surface area contributed by atoms with Gasteiger partial charge in [-0.25, -0.2) is 9.52 Å². The number of rotatable bonds is 4. The Bertz CT molecular complexity index is 1050. The molecule has 4 rings (SSSR count). The molecule has 29 heavy (non-hydrogen) atoms. The van der Waals surface area contributed by atoms with Gasteiger partial charge in [0.1, 0.15) is 11.6 Å². The number of carbonyl (C=O) groups excluding carboxylic acids is 2. The standard InChI is InChI=1S/C18H19N5O4S.K/c19-17(24)14-7-8-15(22-21-14)28(26,27)23-18(25)20-16-12-5-1-3-10(12)9-11-4-2-6-13(11)16;/h7-9H,1-6H2,(H4,19,20,23,24,25);/q;+1/p-1. The van der Waals surface area contributed by atoms with Gasteiger partial charge in [-0.1, -0.05) is 6.07 Å². The fraction of sp³-hybridized carbons (Fsp3) is 0.333. The smallest absolute Gasteiger partial charge is 0.662 e. The fourth-order valence-corrected chi connectivity index (χ4v) is 4.66. The van der Waals surface area contributed by atoms with Crippen molar-refractivity contribution >= 4 is 27.6 Å². The van der Waals surface area contributed by atoms with Crippen LogP contribution < -0.4 is 61.4 Å². The van der Waals surface area contributed by atoms with Gasteiger partial charge in [-0.15, -0.1) is 10.2 Å². The van der Waals surface area contributed by atoms with Crippen LogP contribution in [0.25, 0.3) is 5.73 Å². The number of carbonyl (C=O) groups is 2. The van der Waals surface area contributed by atoms with Crippen molar-refractivity contribution in [2.45, 2.75) is 43.6 Å². The van der Waals surface area contributed by atoms with Crippen LogP contribution >= 0.6 is 0 Å². The third-order valence-corrected chi connectivity index (χ3v) is 6.31. The van der Waals surface area contributed by atoms with Gasteiger partial charge in [0.05, 0.1) is 0 Å². The summed E-state index contributed by atoms with van der Waals surface area (Å²) in [6, 6.07) is 3.46. The van der Waals surface area contributed by atoms with Gasteiger partial charge in [0.2, 0.25) is 0 Å². The molecule has 0 saturated carbocycles. The molecule has 0 spiro atoms. The SMILES string of the molecule is [K+].[NH-]C(=O)c1ccc(S(=O)(=O)NC(=O)Nc2c3c(cc4c2CCC4)CCC3)nn1. The van der Waals surface area contributed by atoms with Crippen LogP contribution in [0.5, 0.6) is 0 Å². The van der Waals surface area contributed by atoms with E-state index in [-0.39, 0.29) is 57.1 Å². The van der Waals surface area contributed by atoms with Gasteiger partial charge in [-0.2, -0.15) is 8.42 Å². The van der Waals surface area contributed by atoms with Crippen molar-refractivity contribution in [1.29, 1.82) is 0 Å². The average Bonchev–Trinajstić information content (AvgIpc) is 3.30. The maximum absolute atomic E-state index is 12.4. The number of nitrogens with one attached hydrogen (secondary N) is 3. The Hall–Kier alpha value is -1.37. The summed E-state index contributed by atoms with van der Waals surface area (Å²) in [5.41, 5.74) is 12.0. The number of anilines is 1. The molecule has 0 unspecified atom stereocenters. The Morgan fingerprint density at radius 2 is 1.59 bits per heavy atom. The normalized spacial score (nSPS) is 14.5. The quantitative estimate of drug-likeness (QED) is 0.595. The first-order valence-corrected chi connectivity index (χ1v) is 10.4. The molecule has 2 aliphatic carbocycles. The second-order valence-electron chi connectivity index (χ2n) is 6.88. The maximum atomic E-state index is 12.4. The van der Waals surface area contributed by atoms with E-state index in [1.807, 2.05) is 4.72 Å². The fourth-order valence-electron chi connectivity index (χ4n) is 3.86. The van der Waals surface area contributed by atoms with E-state index >= 15 is 0 Å². The first-order chi connectivity index (χ1) is 13.3. The Labute approximate surface area is 210 Å². The van der Waals surface area contributed by atoms with Crippen LogP contribution in [0.3, 0.4) is 0 Å². The molecule has 3 amide bonds. The molecule has 3 N–H and O–H groups in total. The summed E-state index contributed by atoms with van der Waals surface area (Å²) in [7, 11) is -4.26. The summed E-state index contributed by atoms with van der Waals surface area (Å²) in [6.45, 7) is 0. The van der Waals surface area contributed by atoms with Crippen LogP contribution in [-0.4, -0.2) is 30.6 Å². The van der Waals surface area contributed by atoms with E-state index in [4.69, 9.17) is 5.73 Å². The minimum atomic E-state index is -4.26. The predicted molar refractivity (Wildman–Crippen MR) is 101 cm³/mol. The zero-order valence-electron chi connectivity index (χ0n) is 15.9. The third kappa shape index (κ3) is 4.54. The second-order valence-corrected chi connectivity index (χ2v) is 8.51. The van der Waals surface area contributed by atoms with Crippen molar-refractivity contribution < 1.29 is 69.4 Å². The van der Waals surface area contributed by atoms with Crippen molar-refractivity contribution in [2.24, 2.45) is 0 Å². The third-order valence-electron chi connectivity index (χ3n) is 5.09. The van der Waals surface area contributed by atoms with Gasteiger partial charge in [-0.3, -0.25) is 0 Å². The summed E-state index contributed by atoms with van der Waals surface area (Å²) in [6.07, 6.45) is 5.69. The molecule has 146 valence electrons. The largest absolute Gasteiger partial charge is 1.00 e. The Kier molecular flexibility index (Phi) is 6.76. The molecule has 0 atom stereocenters. The molecular formula is C18H18KN5O4S. The van der Waals surface area contributed by atoms with Gasteiger partial charge in [0.15, 0.2) is 5.03 Å². The molecule has 0 bridgehead atoms. The number of aryl methyl sites for hydroxylation is 2. The number of fused-ring (bicyclic) bond motifs is 2. The average molecular weight is 440 g/mol. The van der Waals surface area contributed by atoms with Crippen LogP contribution in [0.4, 0.5) is 10.5 Å². The molecule has 11 heteroatoms. The summed E-state index contributed by atoms with van der Waals surface area (Å²) in [4.78, 5) is 23.4. The van der Waals surface area contributed by atoms with E-state index in [0.29, 0.717) is 0 Å². The van der Waals surface area contributed by atoms with E-state index in [0.717, 1.165) is 67.5 Å². The Balaban J connectivity index is 0.00000240. The van der Waals surface area contributed by atoms with E-state index in [2.05, 4.69) is 21.6 Å². The van der Waals surface area contributed by atoms with Crippen molar-refractivity contribution in [3.05, 3.63) is 51.9 Å². The topological polar surface area (TPSA) is 142 Å². The zero-order chi connectivity index (χ0) is 19.9. The van der Waals surface area contributed by atoms with Crippen molar-refractivity contribution in [1.82, 2.24) is 14.9 Å². The van der Waals surface area contributed by atoms with Gasteiger partial charge in [0.25, 0.3) is 10.0 Å². The molecule has 0 radical (unpaired) electrons. The number of amides is 3. The van der Waals surface area contributed by atoms with E-state index in [9.17, 15) is 18.0 Å². The number of sulfonamides is 1. The van der Waals surface area contributed by atoms with Gasteiger partial charge in [-0.05, 0) is 72.9 Å². The first-order valence-electron chi connectivity index (χ1n) is 8.95. The minimum Gasteiger partial charge on any atom is -0.662 e. The summed E-state index contributed by atoms with van der Waals surface area (Å²) in [5.74, 6) is -1.08. The number of aromatic nitrogens is 2. The predicted octanol–water partition coefficient (Wildman–Crippen LogP) is -0.839. The molecule has 0 aliphatic heterocycles. The zero-order valence-corrected chi connectivity index (χ0v) is 19.8. The minimum absolute atomic E-state index is 0. The summed E-state index contributed by atoms with van der Waals surface area (Å²) in [5, 5.41) is 9.05. The van der Waals surface area contributed by atoms with Crippen LogP contribution in [-0.2, 0) is 35.7 Å². The molecular weight excluding hydrogens is 421 g/mol. The van der Waals surface area contributed by atoms with E-state index < -0.39 is 27.0 Å². The van der Waals surface area contributed by atoms with Crippen LogP contribution in [0.15, 0.2) is 23.2 Å². The molecule has 1 heterocycles. The van der Waals surface area contributed by atoms with Crippen LogP contribution in [0.2, 0.25) is 0 Å². The Morgan fingerprint density at radius 3 is 2.10 bits per heavy atom. The van der Waals surface area contributed by atoms with Crippen LogP contribution in [0.1, 0.15) is 45.6 Å². The molecule has 1 aromatic heterocycles. The van der Waals surface area contributed by atoms with Crippen molar-refractivity contribution in [3.8, 4) is 0 Å². The van der Waals surface area contributed by atoms with E-state index in [1.165, 1.54) is 11.1 Å². The van der Waals surface area contributed by atoms with Gasteiger partial charge < -0.3 is 15.8 Å². The number of hydrogen-bond acceptors (Lipinski definition) is 6. The molecule has 1 aromatic carbocycles. The molecule has 2 aliphatic rings. The second kappa shape index (κ2) is 8.78. The van der Waals surface area contributed by atoms with E-state index in [1.54, 1.807) is 0 Å². The molecule has 9 nitrogen and oxygen atoms in total. The Morgan fingerprint density at radius 1 is 0.966 bits per heavy atom. The molecule has 0 saturated heterocycles. The van der Waals surface area contributed by atoms with Crippen molar-refractivity contribution in [3.63, 3.8) is 0 Å². The van der Waals surface area contributed by atoms with Crippen LogP contribution in [0, 0.1) is 0 Å². The summed E-state index contributed by atoms with van der Waals surface area (Å²) >= 11 is 0. The maximum Gasteiger partial charge on any atom is 1.00 e. The van der Waals surface area contributed by atoms with Gasteiger partial charge >= 0.3 is 57.4 Å². The number of urea groups is 1. The number of nitrogens with zero attached hydrogens (tertiary/aromatic N) is 2. The molecule has 2 aromatic rings. The van der Waals surface area contributed by atoms with Gasteiger partial charge in [0, 0.05) is 5.69 Å². The first kappa shape index (κ1) is 22.3. The number of hydrogen-bond donors (Lipinski definition) is 2. The number of benzene rings is 1. The van der Waals surface area contributed by atoms with Crippen molar-refractivity contribution in [2.75, 3.05) is 5.32 Å². The molecule has 0 fully saturated rings. The monoisotopic (exact) mass is 439 g/mol. The summed E-state index contributed by atoms with van der Waals surface area (Å²) < 4.78 is 26.7.